The molecule has 0 aliphatic carbocycles. The normalized spacial score (nSPS) is 10.6. The number of hydrogen-bond acceptors (Lipinski definition) is 1. The fraction of sp³-hybridized carbons (Fsp3) is 0.0588. The van der Waals surface area contributed by atoms with Gasteiger partial charge in [0.05, 0.1) is 0 Å². The molecule has 0 spiro atoms. The maximum absolute atomic E-state index is 3.55. The van der Waals surface area contributed by atoms with E-state index in [1.165, 1.54) is 16.3 Å². The molecular weight excluding hydrogens is 298 g/mol. The summed E-state index contributed by atoms with van der Waals surface area (Å²) in [5, 5.41) is 6.02. The molecular formula is C17H14BrN. The zero-order valence-corrected chi connectivity index (χ0v) is 12.0. The van der Waals surface area contributed by atoms with Crippen molar-refractivity contribution in [2.45, 2.75) is 6.54 Å². The molecule has 3 rings (SSSR count). The molecule has 94 valence electrons. The number of para-hydroxylation sites is 1. The van der Waals surface area contributed by atoms with Crippen molar-refractivity contribution in [3.05, 3.63) is 76.8 Å². The van der Waals surface area contributed by atoms with E-state index in [1.807, 2.05) is 18.2 Å². The zero-order chi connectivity index (χ0) is 13.1. The SMILES string of the molecule is Brc1ccccc1NCc1ccc2ccccc2c1. The van der Waals surface area contributed by atoms with Crippen LogP contribution in [0.1, 0.15) is 5.56 Å². The molecule has 0 atom stereocenters. The van der Waals surface area contributed by atoms with Crippen molar-refractivity contribution in [2.75, 3.05) is 5.32 Å². The van der Waals surface area contributed by atoms with E-state index in [0.717, 1.165) is 16.7 Å². The van der Waals surface area contributed by atoms with Crippen LogP contribution in [-0.4, -0.2) is 0 Å². The van der Waals surface area contributed by atoms with Crippen molar-refractivity contribution in [2.24, 2.45) is 0 Å². The highest BCUT2D eigenvalue weighted by atomic mass is 79.9. The summed E-state index contributed by atoms with van der Waals surface area (Å²) in [6.45, 7) is 0.827. The van der Waals surface area contributed by atoms with Crippen LogP contribution in [0, 0.1) is 0 Å². The van der Waals surface area contributed by atoms with Gasteiger partial charge in [0.1, 0.15) is 0 Å². The summed E-state index contributed by atoms with van der Waals surface area (Å²) in [4.78, 5) is 0. The average Bonchev–Trinajstić information content (AvgIpc) is 2.46. The van der Waals surface area contributed by atoms with Crippen LogP contribution in [-0.2, 0) is 6.54 Å². The van der Waals surface area contributed by atoms with Gasteiger partial charge in [0, 0.05) is 16.7 Å². The molecule has 0 aliphatic rings. The van der Waals surface area contributed by atoms with E-state index in [9.17, 15) is 0 Å². The highest BCUT2D eigenvalue weighted by Crippen LogP contribution is 2.22. The van der Waals surface area contributed by atoms with Crippen molar-refractivity contribution in [1.29, 1.82) is 0 Å². The van der Waals surface area contributed by atoms with Gasteiger partial charge >= 0.3 is 0 Å². The minimum atomic E-state index is 0.827. The van der Waals surface area contributed by atoms with Gasteiger partial charge in [0.2, 0.25) is 0 Å². The third-order valence-corrected chi connectivity index (χ3v) is 3.86. The first-order valence-corrected chi connectivity index (χ1v) is 7.08. The van der Waals surface area contributed by atoms with Crippen LogP contribution in [0.5, 0.6) is 0 Å². The second-order valence-corrected chi connectivity index (χ2v) is 5.37. The van der Waals surface area contributed by atoms with Crippen molar-refractivity contribution in [3.8, 4) is 0 Å². The second-order valence-electron chi connectivity index (χ2n) is 4.51. The third-order valence-electron chi connectivity index (χ3n) is 3.17. The highest BCUT2D eigenvalue weighted by molar-refractivity contribution is 9.10. The zero-order valence-electron chi connectivity index (χ0n) is 10.4. The summed E-state index contributed by atoms with van der Waals surface area (Å²) >= 11 is 3.55. The monoisotopic (exact) mass is 311 g/mol. The second kappa shape index (κ2) is 5.45. The number of anilines is 1. The Kier molecular flexibility index (Phi) is 3.51. The first-order chi connectivity index (χ1) is 9.33. The minimum absolute atomic E-state index is 0.827. The van der Waals surface area contributed by atoms with Crippen molar-refractivity contribution in [3.63, 3.8) is 0 Å². The number of halogens is 1. The van der Waals surface area contributed by atoms with Gasteiger partial charge in [-0.25, -0.2) is 0 Å². The van der Waals surface area contributed by atoms with Gasteiger partial charge in [-0.2, -0.15) is 0 Å². The highest BCUT2D eigenvalue weighted by Gasteiger charge is 1.99. The van der Waals surface area contributed by atoms with Gasteiger partial charge in [-0.05, 0) is 50.5 Å². The van der Waals surface area contributed by atoms with Gasteiger partial charge in [0.15, 0.2) is 0 Å². The molecule has 0 bridgehead atoms. The fourth-order valence-electron chi connectivity index (χ4n) is 2.15. The Morgan fingerprint density at radius 3 is 2.37 bits per heavy atom. The third kappa shape index (κ3) is 2.79. The number of fused-ring (bicyclic) bond motifs is 1. The van der Waals surface area contributed by atoms with Crippen molar-refractivity contribution >= 4 is 32.4 Å². The van der Waals surface area contributed by atoms with E-state index in [0.29, 0.717) is 0 Å². The van der Waals surface area contributed by atoms with E-state index in [4.69, 9.17) is 0 Å². The molecule has 0 radical (unpaired) electrons. The van der Waals surface area contributed by atoms with Crippen molar-refractivity contribution < 1.29 is 0 Å². The van der Waals surface area contributed by atoms with Gasteiger partial charge < -0.3 is 5.32 Å². The Morgan fingerprint density at radius 2 is 1.53 bits per heavy atom. The molecule has 0 aliphatic heterocycles. The van der Waals surface area contributed by atoms with Crippen LogP contribution >= 0.6 is 15.9 Å². The number of benzene rings is 3. The smallest absolute Gasteiger partial charge is 0.0487 e. The lowest BCUT2D eigenvalue weighted by atomic mass is 10.1. The Balaban J connectivity index is 1.80. The van der Waals surface area contributed by atoms with E-state index in [-0.39, 0.29) is 0 Å². The Hall–Kier alpha value is -1.80. The molecule has 0 fully saturated rings. The lowest BCUT2D eigenvalue weighted by Gasteiger charge is -2.09. The number of rotatable bonds is 3. The summed E-state index contributed by atoms with van der Waals surface area (Å²) in [5.74, 6) is 0. The van der Waals surface area contributed by atoms with Gasteiger partial charge in [-0.15, -0.1) is 0 Å². The largest absolute Gasteiger partial charge is 0.380 e. The quantitative estimate of drug-likeness (QED) is 0.699. The van der Waals surface area contributed by atoms with E-state index in [2.05, 4.69) is 69.8 Å². The number of hydrogen-bond donors (Lipinski definition) is 1. The summed E-state index contributed by atoms with van der Waals surface area (Å²) in [6.07, 6.45) is 0. The van der Waals surface area contributed by atoms with Gasteiger partial charge in [-0.3, -0.25) is 0 Å². The summed E-state index contributed by atoms with van der Waals surface area (Å²) in [5.41, 5.74) is 2.41. The van der Waals surface area contributed by atoms with Crippen LogP contribution in [0.15, 0.2) is 71.2 Å². The summed E-state index contributed by atoms with van der Waals surface area (Å²) in [6, 6.07) is 23.2. The molecule has 0 unspecified atom stereocenters. The lowest BCUT2D eigenvalue weighted by Crippen LogP contribution is -1.99. The molecule has 2 heteroatoms. The molecule has 0 saturated heterocycles. The van der Waals surface area contributed by atoms with Crippen LogP contribution in [0.4, 0.5) is 5.69 Å². The summed E-state index contributed by atoms with van der Waals surface area (Å²) < 4.78 is 1.09. The Morgan fingerprint density at radius 1 is 0.789 bits per heavy atom. The standard InChI is InChI=1S/C17H14BrN/c18-16-7-3-4-8-17(16)19-12-13-9-10-14-5-1-2-6-15(14)11-13/h1-11,19H,12H2. The van der Waals surface area contributed by atoms with Crippen LogP contribution in [0.2, 0.25) is 0 Å². The molecule has 0 aromatic heterocycles. The molecule has 0 saturated carbocycles. The maximum Gasteiger partial charge on any atom is 0.0487 e. The fourth-order valence-corrected chi connectivity index (χ4v) is 2.58. The molecule has 0 heterocycles. The van der Waals surface area contributed by atoms with Crippen molar-refractivity contribution in [1.82, 2.24) is 0 Å². The average molecular weight is 312 g/mol. The number of nitrogens with one attached hydrogen (secondary N) is 1. The maximum atomic E-state index is 3.55. The Bertz CT molecular complexity index is 706. The lowest BCUT2D eigenvalue weighted by molar-refractivity contribution is 1.15. The first-order valence-electron chi connectivity index (χ1n) is 6.29. The first kappa shape index (κ1) is 12.2. The van der Waals surface area contributed by atoms with E-state index < -0.39 is 0 Å². The predicted octanol–water partition coefficient (Wildman–Crippen LogP) is 5.21. The van der Waals surface area contributed by atoms with Crippen LogP contribution in [0.25, 0.3) is 10.8 Å². The Labute approximate surface area is 121 Å². The molecule has 0 amide bonds. The minimum Gasteiger partial charge on any atom is -0.380 e. The van der Waals surface area contributed by atoms with Crippen LogP contribution < -0.4 is 5.32 Å². The van der Waals surface area contributed by atoms with E-state index >= 15 is 0 Å². The van der Waals surface area contributed by atoms with E-state index in [1.54, 1.807) is 0 Å². The molecule has 1 nitrogen and oxygen atoms in total. The topological polar surface area (TPSA) is 12.0 Å². The molecule has 1 N–H and O–H groups in total. The molecule has 3 aromatic rings. The molecule has 3 aromatic carbocycles. The van der Waals surface area contributed by atoms with Crippen LogP contribution in [0.3, 0.4) is 0 Å². The molecule has 19 heavy (non-hydrogen) atoms. The van der Waals surface area contributed by atoms with Gasteiger partial charge in [0.25, 0.3) is 0 Å². The summed E-state index contributed by atoms with van der Waals surface area (Å²) in [7, 11) is 0. The predicted molar refractivity (Wildman–Crippen MR) is 85.4 cm³/mol. The van der Waals surface area contributed by atoms with Gasteiger partial charge in [-0.1, -0.05) is 48.5 Å².